The van der Waals surface area contributed by atoms with Gasteiger partial charge in [-0.15, -0.1) is 0 Å². The Hall–Kier alpha value is -1.83. The van der Waals surface area contributed by atoms with E-state index in [1.54, 1.807) is 0 Å². The Morgan fingerprint density at radius 2 is 1.95 bits per heavy atom. The number of fused-ring (bicyclic) bond motifs is 1. The fourth-order valence-corrected chi connectivity index (χ4v) is 2.89. The van der Waals surface area contributed by atoms with E-state index >= 15 is 0 Å². The minimum atomic E-state index is -2.19. The van der Waals surface area contributed by atoms with E-state index in [0.717, 1.165) is 22.6 Å². The summed E-state index contributed by atoms with van der Waals surface area (Å²) >= 11 is 0. The summed E-state index contributed by atoms with van der Waals surface area (Å²) in [6.07, 6.45) is 4.09. The maximum absolute atomic E-state index is 8.06. The van der Waals surface area contributed by atoms with Crippen molar-refractivity contribution in [2.45, 2.75) is 40.1 Å². The predicted octanol–water partition coefficient (Wildman–Crippen LogP) is 3.45. The van der Waals surface area contributed by atoms with Crippen LogP contribution in [0.25, 0.3) is 11.8 Å². The lowest BCUT2D eigenvalue weighted by atomic mass is 10.1. The molecule has 0 saturated carbocycles. The second kappa shape index (κ2) is 3.83. The van der Waals surface area contributed by atoms with Gasteiger partial charge in [-0.05, 0) is 44.6 Å². The Morgan fingerprint density at radius 3 is 2.63 bits per heavy atom. The van der Waals surface area contributed by atoms with Gasteiger partial charge in [-0.2, -0.15) is 4.57 Å². The minimum Gasteiger partial charge on any atom is -0.219 e. The van der Waals surface area contributed by atoms with Crippen molar-refractivity contribution in [2.75, 3.05) is 0 Å². The SMILES string of the molecule is [2H]C([2H])([2H])c1n(-c2ccccc2C)c(C)c2[n+]1C(C)(C)C=C2. The molecule has 19 heavy (non-hydrogen) atoms. The summed E-state index contributed by atoms with van der Waals surface area (Å²) < 4.78 is 28.0. The van der Waals surface area contributed by atoms with E-state index in [0.29, 0.717) is 5.82 Å². The maximum Gasteiger partial charge on any atom is 0.259 e. The van der Waals surface area contributed by atoms with Crippen LogP contribution in [0, 0.1) is 20.7 Å². The van der Waals surface area contributed by atoms with E-state index in [1.807, 2.05) is 67.2 Å². The quantitative estimate of drug-likeness (QED) is 0.691. The molecular weight excluding hydrogens is 232 g/mol. The monoisotopic (exact) mass is 256 g/mol. The number of aryl methyl sites for hydroxylation is 1. The highest BCUT2D eigenvalue weighted by Gasteiger charge is 2.37. The zero-order chi connectivity index (χ0) is 16.3. The number of allylic oxidation sites excluding steroid dienone is 1. The molecule has 1 aromatic carbocycles. The maximum atomic E-state index is 8.06. The van der Waals surface area contributed by atoms with E-state index in [2.05, 4.69) is 6.08 Å². The number of hydrogen-bond donors (Lipinski definition) is 0. The number of nitrogens with zero attached hydrogens (tertiary/aromatic N) is 2. The van der Waals surface area contributed by atoms with Gasteiger partial charge in [0.25, 0.3) is 5.82 Å². The lowest BCUT2D eigenvalue weighted by molar-refractivity contribution is -0.747. The zero-order valence-electron chi connectivity index (χ0n) is 14.9. The molecule has 0 amide bonds. The van der Waals surface area contributed by atoms with Gasteiger partial charge in [0, 0.05) is 17.9 Å². The molecule has 2 heterocycles. The van der Waals surface area contributed by atoms with E-state index < -0.39 is 6.85 Å². The van der Waals surface area contributed by atoms with Gasteiger partial charge in [0.2, 0.25) is 0 Å². The molecule has 2 aromatic rings. The van der Waals surface area contributed by atoms with Crippen molar-refractivity contribution in [3.63, 3.8) is 0 Å². The third kappa shape index (κ3) is 1.59. The zero-order valence-corrected chi connectivity index (χ0v) is 11.9. The molecule has 1 aromatic heterocycles. The van der Waals surface area contributed by atoms with Crippen LogP contribution in [0.4, 0.5) is 0 Å². The normalized spacial score (nSPS) is 18.8. The number of benzene rings is 1. The van der Waals surface area contributed by atoms with Crippen LogP contribution in [0.3, 0.4) is 0 Å². The van der Waals surface area contributed by atoms with Crippen molar-refractivity contribution < 1.29 is 8.68 Å². The minimum absolute atomic E-state index is 0.336. The first-order chi connectivity index (χ1) is 10.1. The predicted molar refractivity (Wildman–Crippen MR) is 78.5 cm³/mol. The molecule has 0 saturated heterocycles. The lowest BCUT2D eigenvalue weighted by Crippen LogP contribution is -2.51. The number of imidazole rings is 1. The number of para-hydroxylation sites is 1. The Bertz CT molecular complexity index is 780. The van der Waals surface area contributed by atoms with Crippen molar-refractivity contribution >= 4 is 6.08 Å². The van der Waals surface area contributed by atoms with Crippen LogP contribution in [-0.4, -0.2) is 4.57 Å². The number of aromatic nitrogens is 2. The Labute approximate surface area is 119 Å². The van der Waals surface area contributed by atoms with E-state index in [4.69, 9.17) is 4.11 Å². The van der Waals surface area contributed by atoms with E-state index in [1.165, 1.54) is 0 Å². The molecule has 0 spiro atoms. The van der Waals surface area contributed by atoms with Crippen LogP contribution in [0.15, 0.2) is 30.3 Å². The molecule has 0 atom stereocenters. The number of hydrogen-bond acceptors (Lipinski definition) is 0. The summed E-state index contributed by atoms with van der Waals surface area (Å²) in [6, 6.07) is 7.90. The van der Waals surface area contributed by atoms with Gasteiger partial charge in [-0.3, -0.25) is 0 Å². The molecule has 0 aliphatic carbocycles. The van der Waals surface area contributed by atoms with Gasteiger partial charge in [-0.1, -0.05) is 18.2 Å². The number of rotatable bonds is 1. The molecule has 98 valence electrons. The molecule has 1 aliphatic heterocycles. The van der Waals surface area contributed by atoms with Gasteiger partial charge in [-0.25, -0.2) is 4.57 Å². The second-order valence-corrected chi connectivity index (χ2v) is 5.74. The fourth-order valence-electron chi connectivity index (χ4n) is 2.89. The van der Waals surface area contributed by atoms with Gasteiger partial charge >= 0.3 is 0 Å². The molecule has 0 bridgehead atoms. The average Bonchev–Trinajstić information content (AvgIpc) is 2.87. The summed E-state index contributed by atoms with van der Waals surface area (Å²) in [4.78, 5) is 0. The van der Waals surface area contributed by atoms with Crippen molar-refractivity contribution in [3.05, 3.63) is 53.1 Å². The van der Waals surface area contributed by atoms with Crippen molar-refractivity contribution in [3.8, 4) is 5.69 Å². The Kier molecular flexibility index (Phi) is 1.84. The summed E-state index contributed by atoms with van der Waals surface area (Å²) in [7, 11) is 0. The van der Waals surface area contributed by atoms with Crippen LogP contribution in [0.1, 0.15) is 40.7 Å². The van der Waals surface area contributed by atoms with Crippen LogP contribution >= 0.6 is 0 Å². The smallest absolute Gasteiger partial charge is 0.219 e. The lowest BCUT2D eigenvalue weighted by Gasteiger charge is -2.15. The summed E-state index contributed by atoms with van der Waals surface area (Å²) in [5.74, 6) is 0.365. The highest BCUT2D eigenvalue weighted by molar-refractivity contribution is 5.52. The highest BCUT2D eigenvalue weighted by atomic mass is 15.2. The first kappa shape index (κ1) is 9.13. The topological polar surface area (TPSA) is 8.81 Å². The molecule has 0 radical (unpaired) electrons. The molecule has 2 nitrogen and oxygen atoms in total. The Balaban J connectivity index is 2.43. The van der Waals surface area contributed by atoms with Crippen molar-refractivity contribution in [2.24, 2.45) is 0 Å². The molecule has 0 fully saturated rings. The van der Waals surface area contributed by atoms with Crippen LogP contribution in [-0.2, 0) is 5.54 Å². The van der Waals surface area contributed by atoms with Crippen LogP contribution in [0.5, 0.6) is 0 Å². The first-order valence-corrected chi connectivity index (χ1v) is 6.58. The summed E-state index contributed by atoms with van der Waals surface area (Å²) in [5.41, 5.74) is 3.59. The van der Waals surface area contributed by atoms with E-state index in [9.17, 15) is 0 Å². The fraction of sp³-hybridized carbons (Fsp3) is 0.353. The second-order valence-electron chi connectivity index (χ2n) is 5.74. The summed E-state index contributed by atoms with van der Waals surface area (Å²) in [6.45, 7) is 5.89. The standard InChI is InChI=1S/C17H21N2/c1-12-8-6-7-9-15(12)18-13(2)16-10-11-17(4,5)19(16)14(18)3/h6-11H,1-5H3/q+1/i3D3. The largest absolute Gasteiger partial charge is 0.259 e. The third-order valence-corrected chi connectivity index (χ3v) is 3.95. The van der Waals surface area contributed by atoms with Crippen LogP contribution < -0.4 is 4.57 Å². The molecule has 2 heteroatoms. The third-order valence-electron chi connectivity index (χ3n) is 3.95. The van der Waals surface area contributed by atoms with Crippen molar-refractivity contribution in [1.29, 1.82) is 0 Å². The van der Waals surface area contributed by atoms with E-state index in [-0.39, 0.29) is 5.54 Å². The molecule has 1 aliphatic rings. The van der Waals surface area contributed by atoms with Crippen molar-refractivity contribution in [1.82, 2.24) is 4.57 Å². The average molecular weight is 256 g/mol. The molecular formula is C17H21N2+. The Morgan fingerprint density at radius 1 is 1.21 bits per heavy atom. The van der Waals surface area contributed by atoms with Gasteiger partial charge in [0.1, 0.15) is 11.2 Å². The van der Waals surface area contributed by atoms with Gasteiger partial charge in [0.15, 0.2) is 11.4 Å². The molecule has 0 N–H and O–H groups in total. The van der Waals surface area contributed by atoms with Gasteiger partial charge < -0.3 is 0 Å². The molecule has 3 rings (SSSR count). The summed E-state index contributed by atoms with van der Waals surface area (Å²) in [5, 5.41) is 0. The first-order valence-electron chi connectivity index (χ1n) is 8.08. The van der Waals surface area contributed by atoms with Gasteiger partial charge in [0.05, 0.1) is 0 Å². The molecule has 0 unspecified atom stereocenters. The highest BCUT2D eigenvalue weighted by Crippen LogP contribution is 2.27. The van der Waals surface area contributed by atoms with Crippen LogP contribution in [0.2, 0.25) is 0 Å².